The van der Waals surface area contributed by atoms with E-state index in [1.165, 1.54) is 15.3 Å². The first-order valence-corrected chi connectivity index (χ1v) is 4.55. The summed E-state index contributed by atoms with van der Waals surface area (Å²) in [5, 5.41) is 4.78. The van der Waals surface area contributed by atoms with Crippen LogP contribution in [0, 0.1) is 0 Å². The topological polar surface area (TPSA) is 0 Å². The Balaban J connectivity index is 2.79. The van der Waals surface area contributed by atoms with Crippen LogP contribution >= 0.6 is 0 Å². The first-order valence-electron chi connectivity index (χ1n) is 3.67. The van der Waals surface area contributed by atoms with Gasteiger partial charge in [0.15, 0.2) is 5.37 Å². The Kier molecular flexibility index (Phi) is 1.59. The van der Waals surface area contributed by atoms with Crippen molar-refractivity contribution in [1.29, 1.82) is 0 Å². The second-order valence-electron chi connectivity index (χ2n) is 2.51. The molecule has 0 aromatic heterocycles. The second-order valence-corrected chi connectivity index (χ2v) is 3.45. The van der Waals surface area contributed by atoms with Gasteiger partial charge in [0.1, 0.15) is 0 Å². The molecule has 2 rings (SSSR count). The van der Waals surface area contributed by atoms with Crippen molar-refractivity contribution in [3.05, 3.63) is 28.6 Å². The van der Waals surface area contributed by atoms with E-state index in [0.29, 0.717) is 0 Å². The maximum absolute atomic E-state index is 2.22. The van der Waals surface area contributed by atoms with Gasteiger partial charge in [-0.3, -0.25) is 0 Å². The zero-order valence-electron chi connectivity index (χ0n) is 6.37. The molecule has 0 N–H and O–H groups in total. The maximum atomic E-state index is 2.22. The third-order valence-corrected chi connectivity index (χ3v) is 2.69. The summed E-state index contributed by atoms with van der Waals surface area (Å²) in [5.74, 6) is 0. The van der Waals surface area contributed by atoms with Crippen LogP contribution in [0.1, 0.15) is 6.92 Å². The normalized spacial score (nSPS) is 14.8. The monoisotopic (exact) mass is 161 g/mol. The summed E-state index contributed by atoms with van der Waals surface area (Å²) >= 11 is 1.80. The molecule has 1 heterocycles. The fourth-order valence-corrected chi connectivity index (χ4v) is 1.99. The van der Waals surface area contributed by atoms with Gasteiger partial charge < -0.3 is 0 Å². The number of hydrogen-bond acceptors (Lipinski definition) is 0. The van der Waals surface area contributed by atoms with E-state index >= 15 is 0 Å². The molecule has 0 bridgehead atoms. The number of benzene rings is 1. The quantitative estimate of drug-likeness (QED) is 0.384. The summed E-state index contributed by atoms with van der Waals surface area (Å²) < 4.78 is 0. The van der Waals surface area contributed by atoms with Crippen molar-refractivity contribution < 1.29 is 0 Å². The van der Waals surface area contributed by atoms with Gasteiger partial charge in [-0.1, -0.05) is 12.1 Å². The molecule has 1 aromatic rings. The van der Waals surface area contributed by atoms with Crippen LogP contribution in [0.25, 0.3) is 12.2 Å². The van der Waals surface area contributed by atoms with E-state index in [1.54, 1.807) is 11.4 Å². The lowest BCUT2D eigenvalue weighted by atomic mass is 10.2. The molecule has 1 aromatic carbocycles. The molecule has 54 valence electrons. The van der Waals surface area contributed by atoms with Crippen LogP contribution in [-0.4, -0.2) is 5.37 Å². The molecule has 0 saturated heterocycles. The van der Waals surface area contributed by atoms with E-state index in [0.717, 1.165) is 0 Å². The fourth-order valence-electron chi connectivity index (χ4n) is 1.15. The van der Waals surface area contributed by atoms with Crippen LogP contribution in [0.15, 0.2) is 23.1 Å². The highest BCUT2D eigenvalue weighted by molar-refractivity contribution is 7.78. The average Bonchev–Trinajstić information content (AvgIpc) is 2.50. The summed E-state index contributed by atoms with van der Waals surface area (Å²) in [7, 11) is 0. The van der Waals surface area contributed by atoms with Crippen LogP contribution in [0.5, 0.6) is 0 Å². The minimum atomic E-state index is 1.31. The van der Waals surface area contributed by atoms with Crippen LogP contribution in [0.4, 0.5) is 0 Å². The Labute approximate surface area is 69.8 Å². The Bertz CT molecular complexity index is 413. The molecule has 1 heteroatoms. The van der Waals surface area contributed by atoms with E-state index in [9.17, 15) is 0 Å². The lowest BCUT2D eigenvalue weighted by Crippen LogP contribution is -2.09. The molecule has 1 aliphatic heterocycles. The molecule has 0 fully saturated rings. The van der Waals surface area contributed by atoms with Crippen molar-refractivity contribution in [2.24, 2.45) is 0 Å². The molecule has 11 heavy (non-hydrogen) atoms. The van der Waals surface area contributed by atoms with Gasteiger partial charge >= 0.3 is 0 Å². The minimum Gasteiger partial charge on any atom is -0.0802 e. The lowest BCUT2D eigenvalue weighted by Gasteiger charge is -1.81. The molecular formula is C10H9S+. The zero-order valence-corrected chi connectivity index (χ0v) is 7.19. The van der Waals surface area contributed by atoms with Crippen molar-refractivity contribution in [2.45, 2.75) is 11.8 Å². The molecule has 0 amide bonds. The Hall–Kier alpha value is -0.950. The Morgan fingerprint density at radius 1 is 1.36 bits per heavy atom. The van der Waals surface area contributed by atoms with Crippen molar-refractivity contribution in [2.75, 3.05) is 0 Å². The van der Waals surface area contributed by atoms with Crippen molar-refractivity contribution in [3.8, 4) is 0 Å². The predicted octanol–water partition coefficient (Wildman–Crippen LogP) is 0.525. The average molecular weight is 161 g/mol. The van der Waals surface area contributed by atoms with Crippen LogP contribution in [0.2, 0.25) is 0 Å². The Morgan fingerprint density at radius 3 is 3.09 bits per heavy atom. The van der Waals surface area contributed by atoms with Crippen molar-refractivity contribution >= 4 is 28.9 Å². The maximum Gasteiger partial charge on any atom is 0.238 e. The van der Waals surface area contributed by atoms with Gasteiger partial charge in [0.05, 0.1) is 0 Å². The first-order chi connectivity index (χ1) is 5.40. The predicted molar refractivity (Wildman–Crippen MR) is 52.0 cm³/mol. The molecular weight excluding hydrogens is 152 g/mol. The van der Waals surface area contributed by atoms with Crippen LogP contribution < -0.4 is 10.4 Å². The van der Waals surface area contributed by atoms with E-state index < -0.39 is 0 Å². The molecule has 0 nitrogen and oxygen atoms in total. The van der Waals surface area contributed by atoms with Gasteiger partial charge in [0, 0.05) is 17.4 Å². The number of rotatable bonds is 0. The third kappa shape index (κ3) is 1.12. The van der Waals surface area contributed by atoms with Gasteiger partial charge in [-0.2, -0.15) is 0 Å². The molecule has 0 spiro atoms. The molecule has 0 aliphatic carbocycles. The van der Waals surface area contributed by atoms with E-state index in [1.807, 2.05) is 0 Å². The summed E-state index contributed by atoms with van der Waals surface area (Å²) in [5.41, 5.74) is 0. The van der Waals surface area contributed by atoms with E-state index in [4.69, 9.17) is 0 Å². The SMILES string of the molecule is CC=c1ccc2c(c1)[S+]=CC=2. The van der Waals surface area contributed by atoms with Crippen LogP contribution in [-0.2, 0) is 11.4 Å². The van der Waals surface area contributed by atoms with E-state index in [-0.39, 0.29) is 0 Å². The second kappa shape index (κ2) is 2.59. The molecule has 0 saturated carbocycles. The molecule has 0 unspecified atom stereocenters. The van der Waals surface area contributed by atoms with E-state index in [2.05, 4.69) is 42.6 Å². The highest BCUT2D eigenvalue weighted by atomic mass is 32.1. The molecule has 1 aliphatic rings. The Morgan fingerprint density at radius 2 is 2.27 bits per heavy atom. The molecule has 0 atom stereocenters. The van der Waals surface area contributed by atoms with Crippen molar-refractivity contribution in [3.63, 3.8) is 0 Å². The number of hydrogen-bond donors (Lipinski definition) is 0. The fraction of sp³-hybridized carbons (Fsp3) is 0.100. The lowest BCUT2D eigenvalue weighted by molar-refractivity contribution is 1.36. The highest BCUT2D eigenvalue weighted by Gasteiger charge is 2.07. The minimum absolute atomic E-state index is 1.31. The summed E-state index contributed by atoms with van der Waals surface area (Å²) in [6.45, 7) is 2.06. The van der Waals surface area contributed by atoms with Crippen molar-refractivity contribution in [1.82, 2.24) is 0 Å². The summed E-state index contributed by atoms with van der Waals surface area (Å²) in [4.78, 5) is 1.38. The van der Waals surface area contributed by atoms with Gasteiger partial charge in [-0.25, -0.2) is 0 Å². The van der Waals surface area contributed by atoms with Gasteiger partial charge in [0.2, 0.25) is 16.2 Å². The standard InChI is InChI=1S/C10H9S/c1-2-8-3-4-9-5-6-11-10(9)7-8/h2-7H,1H3/q+1. The zero-order chi connectivity index (χ0) is 7.68. The summed E-state index contributed by atoms with van der Waals surface area (Å²) in [6, 6.07) is 6.54. The van der Waals surface area contributed by atoms with Gasteiger partial charge in [0.25, 0.3) is 0 Å². The first kappa shape index (κ1) is 6.74. The molecule has 0 radical (unpaired) electrons. The third-order valence-electron chi connectivity index (χ3n) is 1.81. The highest BCUT2D eigenvalue weighted by Crippen LogP contribution is 1.90. The number of fused-ring (bicyclic) bond motifs is 1. The van der Waals surface area contributed by atoms with Gasteiger partial charge in [-0.05, 0) is 18.2 Å². The smallest absolute Gasteiger partial charge is 0.0802 e. The summed E-state index contributed by atoms with van der Waals surface area (Å²) in [6.07, 6.45) is 4.28. The largest absolute Gasteiger partial charge is 0.238 e. The van der Waals surface area contributed by atoms with Crippen LogP contribution in [0.3, 0.4) is 0 Å². The van der Waals surface area contributed by atoms with Gasteiger partial charge in [-0.15, -0.1) is 0 Å².